The Bertz CT molecular complexity index is 549. The lowest BCUT2D eigenvalue weighted by atomic mass is 10.1. The number of rotatable bonds is 2. The van der Waals surface area contributed by atoms with Crippen LogP contribution in [0.4, 0.5) is 0 Å². The monoisotopic (exact) mass is 251 g/mol. The summed E-state index contributed by atoms with van der Waals surface area (Å²) in [4.78, 5) is 0.429. The molecular weight excluding hydrogens is 234 g/mol. The molecule has 0 N–H and O–H groups in total. The largest absolute Gasteiger partial charge is 0.243 e. The second-order valence-corrected chi connectivity index (χ2v) is 7.19. The van der Waals surface area contributed by atoms with Crippen LogP contribution in [0, 0.1) is 6.92 Å². The summed E-state index contributed by atoms with van der Waals surface area (Å²) in [7, 11) is -3.27. The summed E-state index contributed by atoms with van der Waals surface area (Å²) in [5.74, 6) is 0. The molecular formula is C13H17NO2S. The van der Waals surface area contributed by atoms with Gasteiger partial charge in [0.15, 0.2) is 0 Å². The Hall–Kier alpha value is -0.870. The van der Waals surface area contributed by atoms with Crippen LogP contribution in [0.25, 0.3) is 0 Å². The molecule has 0 bridgehead atoms. The number of nitrogens with zero attached hydrogens (tertiary/aromatic N) is 1. The van der Waals surface area contributed by atoms with Gasteiger partial charge in [0, 0.05) is 6.04 Å². The summed E-state index contributed by atoms with van der Waals surface area (Å²) < 4.78 is 26.6. The lowest BCUT2D eigenvalue weighted by molar-refractivity contribution is 0.475. The molecule has 3 rings (SSSR count). The van der Waals surface area contributed by atoms with Crippen molar-refractivity contribution < 1.29 is 8.42 Å². The SMILES string of the molecule is Cc1ccc(S(=O)(=O)N2[C@H]3CCC[C@@]32C)cc1. The molecule has 0 aromatic heterocycles. The third-order valence-electron chi connectivity index (χ3n) is 4.17. The van der Waals surface area contributed by atoms with Gasteiger partial charge in [-0.2, -0.15) is 4.31 Å². The zero-order chi connectivity index (χ0) is 12.3. The van der Waals surface area contributed by atoms with Crippen molar-refractivity contribution in [1.29, 1.82) is 0 Å². The summed E-state index contributed by atoms with van der Waals surface area (Å²) in [6.45, 7) is 4.03. The van der Waals surface area contributed by atoms with E-state index in [0.717, 1.165) is 24.8 Å². The van der Waals surface area contributed by atoms with Crippen molar-refractivity contribution in [3.63, 3.8) is 0 Å². The molecule has 0 amide bonds. The molecule has 1 aromatic rings. The zero-order valence-corrected chi connectivity index (χ0v) is 11.0. The predicted molar refractivity (Wildman–Crippen MR) is 66.2 cm³/mol. The minimum absolute atomic E-state index is 0.0935. The topological polar surface area (TPSA) is 37.1 Å². The van der Waals surface area contributed by atoms with Gasteiger partial charge in [-0.15, -0.1) is 0 Å². The van der Waals surface area contributed by atoms with Crippen molar-refractivity contribution in [2.24, 2.45) is 0 Å². The molecule has 3 atom stereocenters. The normalized spacial score (nSPS) is 35.6. The van der Waals surface area contributed by atoms with Crippen molar-refractivity contribution in [3.05, 3.63) is 29.8 Å². The first kappa shape index (κ1) is 11.2. The van der Waals surface area contributed by atoms with E-state index in [0.29, 0.717) is 4.90 Å². The van der Waals surface area contributed by atoms with Crippen molar-refractivity contribution in [1.82, 2.24) is 4.31 Å². The molecule has 4 heteroatoms. The molecule has 1 aromatic carbocycles. The van der Waals surface area contributed by atoms with E-state index in [2.05, 4.69) is 6.92 Å². The zero-order valence-electron chi connectivity index (χ0n) is 10.2. The van der Waals surface area contributed by atoms with Crippen LogP contribution < -0.4 is 0 Å². The van der Waals surface area contributed by atoms with Gasteiger partial charge in [0.25, 0.3) is 0 Å². The molecule has 1 aliphatic heterocycles. The molecule has 1 saturated carbocycles. The maximum atomic E-state index is 12.5. The van der Waals surface area contributed by atoms with Gasteiger partial charge in [-0.25, -0.2) is 8.42 Å². The van der Waals surface area contributed by atoms with Gasteiger partial charge in [0.1, 0.15) is 0 Å². The van der Waals surface area contributed by atoms with Gasteiger partial charge in [0.2, 0.25) is 10.0 Å². The van der Waals surface area contributed by atoms with Gasteiger partial charge >= 0.3 is 0 Å². The number of hydrogen-bond donors (Lipinski definition) is 0. The fourth-order valence-corrected chi connectivity index (χ4v) is 5.18. The van der Waals surface area contributed by atoms with Crippen molar-refractivity contribution in [3.8, 4) is 0 Å². The minimum atomic E-state index is -3.27. The number of benzene rings is 1. The Balaban J connectivity index is 1.96. The quantitative estimate of drug-likeness (QED) is 0.756. The number of piperidine rings is 1. The van der Waals surface area contributed by atoms with Crippen molar-refractivity contribution in [2.45, 2.75) is 49.6 Å². The Morgan fingerprint density at radius 2 is 1.94 bits per heavy atom. The molecule has 92 valence electrons. The minimum Gasteiger partial charge on any atom is -0.207 e. The molecule has 0 spiro atoms. The summed E-state index contributed by atoms with van der Waals surface area (Å²) in [6, 6.07) is 7.38. The predicted octanol–water partition coefficient (Wildman–Crippen LogP) is 2.31. The van der Waals surface area contributed by atoms with E-state index < -0.39 is 10.0 Å². The van der Waals surface area contributed by atoms with E-state index in [1.807, 2.05) is 19.1 Å². The van der Waals surface area contributed by atoms with Crippen LogP contribution in [0.1, 0.15) is 31.7 Å². The first-order valence-electron chi connectivity index (χ1n) is 6.07. The van der Waals surface area contributed by atoms with Crippen LogP contribution >= 0.6 is 0 Å². The van der Waals surface area contributed by atoms with E-state index in [4.69, 9.17) is 0 Å². The Labute approximate surface area is 102 Å². The average Bonchev–Trinajstić information content (AvgIpc) is 2.68. The smallest absolute Gasteiger partial charge is 0.207 e. The van der Waals surface area contributed by atoms with Crippen LogP contribution in [0.15, 0.2) is 29.2 Å². The average molecular weight is 251 g/mol. The van der Waals surface area contributed by atoms with E-state index in [1.165, 1.54) is 0 Å². The standard InChI is InChI=1S/C13H17NO2S/c1-10-5-7-11(8-6-10)17(15,16)14-12-4-3-9-13(12,14)2/h5-8,12H,3-4,9H2,1-2H3/t12-,13-,14?/m0/s1. The lowest BCUT2D eigenvalue weighted by Crippen LogP contribution is -2.21. The van der Waals surface area contributed by atoms with Gasteiger partial charge in [0.05, 0.1) is 10.4 Å². The summed E-state index contributed by atoms with van der Waals surface area (Å²) in [6.07, 6.45) is 3.17. The highest BCUT2D eigenvalue weighted by Gasteiger charge is 2.67. The molecule has 1 saturated heterocycles. The lowest BCUT2D eigenvalue weighted by Gasteiger charge is -2.13. The van der Waals surface area contributed by atoms with Crippen molar-refractivity contribution in [2.75, 3.05) is 0 Å². The highest BCUT2D eigenvalue weighted by atomic mass is 32.2. The van der Waals surface area contributed by atoms with Gasteiger partial charge in [-0.1, -0.05) is 17.7 Å². The Morgan fingerprint density at radius 3 is 2.47 bits per heavy atom. The molecule has 2 fully saturated rings. The molecule has 1 aliphatic carbocycles. The Kier molecular flexibility index (Phi) is 2.20. The second kappa shape index (κ2) is 3.33. The number of fused-ring (bicyclic) bond motifs is 1. The maximum Gasteiger partial charge on any atom is 0.243 e. The fourth-order valence-electron chi connectivity index (χ4n) is 3.09. The molecule has 3 nitrogen and oxygen atoms in total. The fraction of sp³-hybridized carbons (Fsp3) is 0.538. The summed E-state index contributed by atoms with van der Waals surface area (Å²) >= 11 is 0. The highest BCUT2D eigenvalue weighted by molar-refractivity contribution is 7.89. The van der Waals surface area contributed by atoms with E-state index in [1.54, 1.807) is 16.4 Å². The van der Waals surface area contributed by atoms with Crippen LogP contribution in [-0.4, -0.2) is 24.3 Å². The first-order chi connectivity index (χ1) is 7.96. The number of aryl methyl sites for hydroxylation is 1. The molecule has 1 heterocycles. The second-order valence-electron chi connectivity index (χ2n) is 5.38. The molecule has 17 heavy (non-hydrogen) atoms. The summed E-state index contributed by atoms with van der Waals surface area (Å²) in [5.41, 5.74) is 0.991. The Morgan fingerprint density at radius 1 is 1.29 bits per heavy atom. The van der Waals surface area contributed by atoms with E-state index in [-0.39, 0.29) is 11.6 Å². The number of sulfonamides is 1. The summed E-state index contributed by atoms with van der Waals surface area (Å²) in [5, 5.41) is 0. The van der Waals surface area contributed by atoms with Crippen LogP contribution in [0.3, 0.4) is 0 Å². The van der Waals surface area contributed by atoms with E-state index >= 15 is 0 Å². The molecule has 1 unspecified atom stereocenters. The number of hydrogen-bond acceptors (Lipinski definition) is 2. The van der Waals surface area contributed by atoms with Crippen molar-refractivity contribution >= 4 is 10.0 Å². The first-order valence-corrected chi connectivity index (χ1v) is 7.51. The third kappa shape index (κ3) is 1.47. The van der Waals surface area contributed by atoms with Crippen LogP contribution in [-0.2, 0) is 10.0 Å². The van der Waals surface area contributed by atoms with E-state index in [9.17, 15) is 8.42 Å². The third-order valence-corrected chi connectivity index (χ3v) is 6.23. The van der Waals surface area contributed by atoms with Gasteiger partial charge < -0.3 is 0 Å². The van der Waals surface area contributed by atoms with Crippen LogP contribution in [0.5, 0.6) is 0 Å². The molecule has 2 aliphatic rings. The van der Waals surface area contributed by atoms with Gasteiger partial charge in [-0.3, -0.25) is 0 Å². The van der Waals surface area contributed by atoms with Crippen LogP contribution in [0.2, 0.25) is 0 Å². The molecule has 0 radical (unpaired) electrons. The van der Waals surface area contributed by atoms with Gasteiger partial charge in [-0.05, 0) is 45.2 Å². The maximum absolute atomic E-state index is 12.5. The highest BCUT2D eigenvalue weighted by Crippen LogP contribution is 2.55.